The molecule has 0 unspecified atom stereocenters. The first kappa shape index (κ1) is 21.4. The topological polar surface area (TPSA) is 115 Å². The van der Waals surface area contributed by atoms with E-state index in [0.29, 0.717) is 0 Å². The van der Waals surface area contributed by atoms with E-state index >= 15 is 0 Å². The molecule has 5 N–H and O–H groups in total. The van der Waals surface area contributed by atoms with Crippen LogP contribution in [0.3, 0.4) is 0 Å². The molecule has 128 valence electrons. The molecule has 0 bridgehead atoms. The third kappa shape index (κ3) is 4.96. The highest BCUT2D eigenvalue weighted by atomic mass is 32.1. The molecule has 3 atom stereocenters. The number of ketones is 1. The summed E-state index contributed by atoms with van der Waals surface area (Å²) in [6, 6.07) is 0. The lowest BCUT2D eigenvalue weighted by Crippen LogP contribution is -2.61. The van der Waals surface area contributed by atoms with E-state index in [9.17, 15) is 27.6 Å². The number of nitrogens with two attached hydrogens (primary N) is 2. The zero-order chi connectivity index (χ0) is 17.8. The third-order valence-corrected chi connectivity index (χ3v) is 4.11. The van der Waals surface area contributed by atoms with Gasteiger partial charge in [0.1, 0.15) is 0 Å². The van der Waals surface area contributed by atoms with Gasteiger partial charge in [-0.25, -0.2) is 13.2 Å². The SMILES string of the molecule is NC(=O)[C@@](F)(CS)NC(=O)[C@@](F)(CS)CC(=O)[C@@](N)(F)CS. The zero-order valence-corrected chi connectivity index (χ0v) is 13.9. The fourth-order valence-electron chi connectivity index (χ4n) is 1.17. The van der Waals surface area contributed by atoms with Gasteiger partial charge < -0.3 is 11.1 Å². The predicted octanol–water partition coefficient (Wildman–Crippen LogP) is -0.665. The summed E-state index contributed by atoms with van der Waals surface area (Å²) < 4.78 is 41.9. The standard InChI is InChI=1S/C10H16F3N3O3S3/c11-8(2-20,1-5(17)9(12,15)3-21)7(19)16-10(13,4-22)6(14)18/h20-22H,1-4,15H2,(H2,14,18)(H,16,19)/t8-,9+,10+/m0/s1. The second-order valence-corrected chi connectivity index (χ2v) is 5.47. The summed E-state index contributed by atoms with van der Waals surface area (Å²) >= 11 is 10.5. The van der Waals surface area contributed by atoms with E-state index in [0.717, 1.165) is 0 Å². The number of hydrogen-bond donors (Lipinski definition) is 6. The van der Waals surface area contributed by atoms with Crippen LogP contribution in [0.5, 0.6) is 0 Å². The molecule has 0 aliphatic carbocycles. The van der Waals surface area contributed by atoms with Crippen LogP contribution in [-0.4, -0.2) is 52.1 Å². The Morgan fingerprint density at radius 2 is 1.50 bits per heavy atom. The van der Waals surface area contributed by atoms with Crippen molar-refractivity contribution in [2.75, 3.05) is 17.3 Å². The highest BCUT2D eigenvalue weighted by molar-refractivity contribution is 7.80. The minimum Gasteiger partial charge on any atom is -0.365 e. The Balaban J connectivity index is 5.27. The third-order valence-electron chi connectivity index (χ3n) is 2.71. The summed E-state index contributed by atoms with van der Waals surface area (Å²) in [6.07, 6.45) is -1.32. The van der Waals surface area contributed by atoms with Crippen molar-refractivity contribution in [1.29, 1.82) is 0 Å². The molecule has 0 aromatic carbocycles. The van der Waals surface area contributed by atoms with Gasteiger partial charge in [0.2, 0.25) is 11.5 Å². The molecule has 0 fully saturated rings. The molecule has 0 aliphatic rings. The summed E-state index contributed by atoms with van der Waals surface area (Å²) in [7, 11) is 0. The number of hydrogen-bond acceptors (Lipinski definition) is 7. The summed E-state index contributed by atoms with van der Waals surface area (Å²) in [6.45, 7) is 0. The average Bonchev–Trinajstić information content (AvgIpc) is 2.46. The smallest absolute Gasteiger partial charge is 0.276 e. The lowest BCUT2D eigenvalue weighted by Gasteiger charge is -2.28. The van der Waals surface area contributed by atoms with Crippen molar-refractivity contribution in [1.82, 2.24) is 5.32 Å². The molecule has 22 heavy (non-hydrogen) atoms. The fourth-order valence-corrected chi connectivity index (χ4v) is 1.84. The molecule has 0 heterocycles. The van der Waals surface area contributed by atoms with E-state index in [1.165, 1.54) is 5.32 Å². The lowest BCUT2D eigenvalue weighted by atomic mass is 9.95. The van der Waals surface area contributed by atoms with Gasteiger partial charge in [0, 0.05) is 11.5 Å². The summed E-state index contributed by atoms with van der Waals surface area (Å²) in [5.41, 5.74) is 6.58. The molecule has 6 nitrogen and oxygen atoms in total. The number of amides is 2. The van der Waals surface area contributed by atoms with Gasteiger partial charge in [0.05, 0.1) is 12.2 Å². The minimum absolute atomic E-state index is 0.749. The number of carbonyl (C=O) groups is 3. The molecule has 12 heteroatoms. The normalized spacial score (nSPS) is 19.4. The van der Waals surface area contributed by atoms with Crippen molar-refractivity contribution >= 4 is 55.5 Å². The highest BCUT2D eigenvalue weighted by Crippen LogP contribution is 2.24. The number of halogens is 3. The largest absolute Gasteiger partial charge is 0.365 e. The number of rotatable bonds is 9. The summed E-state index contributed by atoms with van der Waals surface area (Å²) in [4.78, 5) is 34.2. The van der Waals surface area contributed by atoms with Crippen molar-refractivity contribution in [3.05, 3.63) is 0 Å². The van der Waals surface area contributed by atoms with Gasteiger partial charge in [-0.2, -0.15) is 37.9 Å². The van der Waals surface area contributed by atoms with Crippen molar-refractivity contribution in [3.63, 3.8) is 0 Å². The maximum Gasteiger partial charge on any atom is 0.276 e. The van der Waals surface area contributed by atoms with Crippen LogP contribution >= 0.6 is 37.9 Å². The van der Waals surface area contributed by atoms with E-state index in [4.69, 9.17) is 11.5 Å². The van der Waals surface area contributed by atoms with Gasteiger partial charge in [0.15, 0.2) is 5.78 Å². The molecule has 2 amide bonds. The van der Waals surface area contributed by atoms with Crippen LogP contribution in [0, 0.1) is 0 Å². The molecule has 0 aromatic heterocycles. The molecule has 0 rings (SSSR count). The van der Waals surface area contributed by atoms with E-state index in [-0.39, 0.29) is 0 Å². The van der Waals surface area contributed by atoms with Crippen LogP contribution in [0.15, 0.2) is 0 Å². The van der Waals surface area contributed by atoms with E-state index in [2.05, 4.69) is 37.9 Å². The zero-order valence-electron chi connectivity index (χ0n) is 11.2. The van der Waals surface area contributed by atoms with Crippen LogP contribution in [0.2, 0.25) is 0 Å². The average molecular weight is 379 g/mol. The van der Waals surface area contributed by atoms with E-state index in [1.54, 1.807) is 0 Å². The first-order chi connectivity index (χ1) is 9.88. The molecule has 0 saturated carbocycles. The molecule has 0 aromatic rings. The number of thiol groups is 3. The van der Waals surface area contributed by atoms with Gasteiger partial charge >= 0.3 is 0 Å². The molecular weight excluding hydrogens is 363 g/mol. The molecule has 0 spiro atoms. The summed E-state index contributed by atoms with van der Waals surface area (Å²) in [5, 5.41) is 1.39. The second kappa shape index (κ2) is 7.79. The maximum absolute atomic E-state index is 14.5. The van der Waals surface area contributed by atoms with E-state index < -0.39 is 58.5 Å². The first-order valence-electron chi connectivity index (χ1n) is 5.72. The Morgan fingerprint density at radius 3 is 1.82 bits per heavy atom. The summed E-state index contributed by atoms with van der Waals surface area (Å²) in [5.74, 6) is -13.4. The van der Waals surface area contributed by atoms with Crippen LogP contribution < -0.4 is 16.8 Å². The van der Waals surface area contributed by atoms with E-state index in [1.807, 2.05) is 0 Å². The Kier molecular flexibility index (Phi) is 7.58. The van der Waals surface area contributed by atoms with Gasteiger partial charge in [-0.1, -0.05) is 0 Å². The number of primary amides is 1. The van der Waals surface area contributed by atoms with Crippen LogP contribution in [0.4, 0.5) is 13.2 Å². The van der Waals surface area contributed by atoms with Crippen molar-refractivity contribution in [2.24, 2.45) is 11.5 Å². The minimum atomic E-state index is -3.14. The number of Topliss-reactive ketones (excluding diaryl/α,β-unsaturated/α-hetero) is 1. The van der Waals surface area contributed by atoms with Crippen LogP contribution in [-0.2, 0) is 14.4 Å². The van der Waals surface area contributed by atoms with Crippen molar-refractivity contribution in [2.45, 2.75) is 23.7 Å². The number of alkyl halides is 3. The van der Waals surface area contributed by atoms with Crippen LogP contribution in [0.25, 0.3) is 0 Å². The van der Waals surface area contributed by atoms with Crippen LogP contribution in [0.1, 0.15) is 6.42 Å². The Labute approximate surface area is 141 Å². The fraction of sp³-hybridized carbons (Fsp3) is 0.700. The van der Waals surface area contributed by atoms with Gasteiger partial charge in [-0.15, -0.1) is 0 Å². The van der Waals surface area contributed by atoms with Crippen molar-refractivity contribution < 1.29 is 27.6 Å². The number of nitrogens with one attached hydrogen (secondary N) is 1. The first-order valence-corrected chi connectivity index (χ1v) is 7.62. The Morgan fingerprint density at radius 1 is 1.00 bits per heavy atom. The van der Waals surface area contributed by atoms with Gasteiger partial charge in [-0.3, -0.25) is 20.1 Å². The Hall–Kier alpha value is -0.590. The van der Waals surface area contributed by atoms with Gasteiger partial charge in [-0.05, 0) is 0 Å². The lowest BCUT2D eigenvalue weighted by molar-refractivity contribution is -0.146. The molecule has 0 aliphatic heterocycles. The highest BCUT2D eigenvalue weighted by Gasteiger charge is 2.48. The Bertz CT molecular complexity index is 469. The van der Waals surface area contributed by atoms with Crippen molar-refractivity contribution in [3.8, 4) is 0 Å². The predicted molar refractivity (Wildman–Crippen MR) is 84.2 cm³/mol. The molecule has 0 radical (unpaired) electrons. The van der Waals surface area contributed by atoms with Gasteiger partial charge in [0.25, 0.3) is 17.6 Å². The second-order valence-electron chi connectivity index (χ2n) is 4.52. The quantitative estimate of drug-likeness (QED) is 0.236. The monoisotopic (exact) mass is 379 g/mol. The maximum atomic E-state index is 14.5. The molecular formula is C10H16F3N3O3S3. The number of carbonyl (C=O) groups excluding carboxylic acids is 3. The molecule has 0 saturated heterocycles.